The number of halogens is 1. The van der Waals surface area contributed by atoms with Crippen LogP contribution in [0.3, 0.4) is 0 Å². The minimum Gasteiger partial charge on any atom is -0.410 e. The highest BCUT2D eigenvalue weighted by molar-refractivity contribution is 6.18. The molecule has 104 valence electrons. The molecule has 0 fully saturated rings. The van der Waals surface area contributed by atoms with Gasteiger partial charge in [0.2, 0.25) is 0 Å². The van der Waals surface area contributed by atoms with Gasteiger partial charge in [0, 0.05) is 38.3 Å². The largest absolute Gasteiger partial charge is 0.412 e. The fraction of sp³-hybridized carbons (Fsp3) is 0.333. The van der Waals surface area contributed by atoms with Crippen molar-refractivity contribution in [3.63, 3.8) is 0 Å². The number of urea groups is 1. The summed E-state index contributed by atoms with van der Waals surface area (Å²) in [4.78, 5) is 24.2. The molecule has 19 heavy (non-hydrogen) atoms. The first-order valence-corrected chi connectivity index (χ1v) is 6.16. The number of nitrogens with zero attached hydrogens (tertiary/aromatic N) is 1. The average Bonchev–Trinajstić information content (AvgIpc) is 2.36. The van der Waals surface area contributed by atoms with Crippen molar-refractivity contribution in [1.82, 2.24) is 10.2 Å². The van der Waals surface area contributed by atoms with Crippen LogP contribution in [0.15, 0.2) is 24.3 Å². The molecule has 0 aliphatic rings. The number of ether oxygens (including phenoxy) is 1. The second-order valence-electron chi connectivity index (χ2n) is 3.86. The van der Waals surface area contributed by atoms with Gasteiger partial charge in [-0.2, -0.15) is 0 Å². The van der Waals surface area contributed by atoms with Crippen molar-refractivity contribution in [3.05, 3.63) is 24.3 Å². The molecule has 0 atom stereocenters. The molecule has 0 unspecified atom stereocenters. The molecule has 0 saturated carbocycles. The van der Waals surface area contributed by atoms with E-state index in [1.807, 2.05) is 0 Å². The summed E-state index contributed by atoms with van der Waals surface area (Å²) in [5.41, 5.74) is 0.543. The highest BCUT2D eigenvalue weighted by Gasteiger charge is 2.07. The van der Waals surface area contributed by atoms with Crippen LogP contribution in [-0.2, 0) is 0 Å². The lowest BCUT2D eigenvalue weighted by Gasteiger charge is -2.12. The van der Waals surface area contributed by atoms with Gasteiger partial charge in [-0.1, -0.05) is 6.07 Å². The van der Waals surface area contributed by atoms with Crippen molar-refractivity contribution in [2.45, 2.75) is 0 Å². The van der Waals surface area contributed by atoms with Crippen LogP contribution in [0.5, 0.6) is 5.75 Å². The molecule has 0 radical (unpaired) electrons. The highest BCUT2D eigenvalue weighted by atomic mass is 35.5. The number of hydrogen-bond acceptors (Lipinski definition) is 3. The highest BCUT2D eigenvalue weighted by Crippen LogP contribution is 2.17. The zero-order chi connectivity index (χ0) is 14.3. The predicted molar refractivity (Wildman–Crippen MR) is 73.9 cm³/mol. The van der Waals surface area contributed by atoms with Crippen LogP contribution >= 0.6 is 11.6 Å². The van der Waals surface area contributed by atoms with Crippen LogP contribution in [-0.4, -0.2) is 43.5 Å². The topological polar surface area (TPSA) is 70.7 Å². The molecule has 0 spiro atoms. The maximum absolute atomic E-state index is 11.5. The van der Waals surface area contributed by atoms with Crippen molar-refractivity contribution in [2.24, 2.45) is 0 Å². The molecule has 1 aromatic carbocycles. The Morgan fingerprint density at radius 1 is 1.37 bits per heavy atom. The number of nitrogens with one attached hydrogen (secondary N) is 2. The van der Waals surface area contributed by atoms with Crippen LogP contribution < -0.4 is 15.4 Å². The number of anilines is 1. The zero-order valence-corrected chi connectivity index (χ0v) is 11.5. The Balaban J connectivity index is 2.61. The predicted octanol–water partition coefficient (Wildman–Crippen LogP) is 2.11. The van der Waals surface area contributed by atoms with Crippen LogP contribution in [0, 0.1) is 0 Å². The first-order chi connectivity index (χ1) is 9.02. The lowest BCUT2D eigenvalue weighted by atomic mass is 10.3. The van der Waals surface area contributed by atoms with Crippen LogP contribution in [0.2, 0.25) is 0 Å². The fourth-order valence-electron chi connectivity index (χ4n) is 1.17. The smallest absolute Gasteiger partial charge is 0.410 e. The molecule has 0 aliphatic carbocycles. The van der Waals surface area contributed by atoms with Crippen molar-refractivity contribution in [3.8, 4) is 5.75 Å². The summed E-state index contributed by atoms with van der Waals surface area (Å²) in [7, 11) is 3.27. The fourth-order valence-corrected chi connectivity index (χ4v) is 1.26. The Morgan fingerprint density at radius 2 is 2.11 bits per heavy atom. The molecule has 0 heterocycles. The van der Waals surface area contributed by atoms with E-state index < -0.39 is 6.09 Å². The molecular formula is C12H16ClN3O3. The van der Waals surface area contributed by atoms with Crippen molar-refractivity contribution in [2.75, 3.05) is 31.8 Å². The number of carbonyl (C=O) groups is 2. The molecule has 7 heteroatoms. The Hall–Kier alpha value is -1.95. The number of hydrogen-bond donors (Lipinski definition) is 2. The number of carbonyl (C=O) groups excluding carboxylic acids is 2. The van der Waals surface area contributed by atoms with E-state index in [0.29, 0.717) is 23.9 Å². The van der Waals surface area contributed by atoms with Gasteiger partial charge >= 0.3 is 12.1 Å². The zero-order valence-electron chi connectivity index (χ0n) is 10.8. The summed E-state index contributed by atoms with van der Waals surface area (Å²) >= 11 is 5.44. The maximum Gasteiger partial charge on any atom is 0.412 e. The van der Waals surface area contributed by atoms with Gasteiger partial charge in [0.1, 0.15) is 5.75 Å². The Morgan fingerprint density at radius 3 is 2.74 bits per heavy atom. The summed E-state index contributed by atoms with van der Waals surface area (Å²) < 4.78 is 5.03. The first kappa shape index (κ1) is 15.1. The molecule has 0 aliphatic heterocycles. The molecular weight excluding hydrogens is 270 g/mol. The Labute approximate surface area is 116 Å². The molecule has 1 rings (SSSR count). The van der Waals surface area contributed by atoms with Gasteiger partial charge < -0.3 is 20.3 Å². The molecule has 0 aromatic heterocycles. The summed E-state index contributed by atoms with van der Waals surface area (Å²) in [6, 6.07) is 6.29. The van der Waals surface area contributed by atoms with Gasteiger partial charge in [-0.15, -0.1) is 11.6 Å². The molecule has 0 saturated heterocycles. The third-order valence-corrected chi connectivity index (χ3v) is 2.25. The summed E-state index contributed by atoms with van der Waals surface area (Å²) in [6.45, 7) is 0.331. The van der Waals surface area contributed by atoms with Gasteiger partial charge in [-0.05, 0) is 12.1 Å². The van der Waals surface area contributed by atoms with Gasteiger partial charge in [0.15, 0.2) is 0 Å². The lowest BCUT2D eigenvalue weighted by Crippen LogP contribution is -2.28. The second kappa shape index (κ2) is 7.48. The monoisotopic (exact) mass is 285 g/mol. The standard InChI is InChI=1S/C12H16ClN3O3/c1-16(2)11(17)15-9-4-3-5-10(8-9)19-12(18)14-7-6-13/h3-5,8H,6-7H2,1-2H3,(H,14,18)(H,15,17). The van der Waals surface area contributed by atoms with Crippen molar-refractivity contribution >= 4 is 29.4 Å². The average molecular weight is 286 g/mol. The Kier molecular flexibility index (Phi) is 5.95. The molecule has 0 bridgehead atoms. The minimum absolute atomic E-state index is 0.260. The normalized spacial score (nSPS) is 9.63. The summed E-state index contributed by atoms with van der Waals surface area (Å²) in [5.74, 6) is 0.650. The van der Waals surface area contributed by atoms with Gasteiger partial charge in [-0.3, -0.25) is 0 Å². The summed E-state index contributed by atoms with van der Waals surface area (Å²) in [5, 5.41) is 5.12. The second-order valence-corrected chi connectivity index (χ2v) is 4.24. The van der Waals surface area contributed by atoms with E-state index >= 15 is 0 Å². The van der Waals surface area contributed by atoms with E-state index in [1.165, 1.54) is 4.90 Å². The Bertz CT molecular complexity index is 452. The van der Waals surface area contributed by atoms with E-state index in [1.54, 1.807) is 38.4 Å². The molecule has 3 amide bonds. The lowest BCUT2D eigenvalue weighted by molar-refractivity contribution is 0.201. The molecule has 6 nitrogen and oxygen atoms in total. The van der Waals surface area contributed by atoms with Crippen LogP contribution in [0.4, 0.5) is 15.3 Å². The molecule has 1 aromatic rings. The SMILES string of the molecule is CN(C)C(=O)Nc1cccc(OC(=O)NCCCl)c1. The van der Waals surface area contributed by atoms with Crippen molar-refractivity contribution in [1.29, 1.82) is 0 Å². The van der Waals surface area contributed by atoms with Gasteiger partial charge in [-0.25, -0.2) is 9.59 Å². The van der Waals surface area contributed by atoms with E-state index in [4.69, 9.17) is 16.3 Å². The van der Waals surface area contributed by atoms with Gasteiger partial charge in [0.05, 0.1) is 0 Å². The molecule has 2 N–H and O–H groups in total. The van der Waals surface area contributed by atoms with E-state index in [0.717, 1.165) is 0 Å². The van der Waals surface area contributed by atoms with E-state index in [9.17, 15) is 9.59 Å². The van der Waals surface area contributed by atoms with E-state index in [-0.39, 0.29) is 6.03 Å². The van der Waals surface area contributed by atoms with Crippen LogP contribution in [0.1, 0.15) is 0 Å². The number of amides is 3. The van der Waals surface area contributed by atoms with Crippen molar-refractivity contribution < 1.29 is 14.3 Å². The number of benzene rings is 1. The quantitative estimate of drug-likeness (QED) is 0.832. The minimum atomic E-state index is -0.586. The number of alkyl halides is 1. The third-order valence-electron chi connectivity index (χ3n) is 2.07. The number of rotatable bonds is 4. The van der Waals surface area contributed by atoms with Crippen LogP contribution in [0.25, 0.3) is 0 Å². The van der Waals surface area contributed by atoms with E-state index in [2.05, 4.69) is 10.6 Å². The summed E-state index contributed by atoms with van der Waals surface area (Å²) in [6.07, 6.45) is -0.586. The first-order valence-electron chi connectivity index (χ1n) is 5.63. The maximum atomic E-state index is 11.5. The third kappa shape index (κ3) is 5.48. The van der Waals surface area contributed by atoms with Gasteiger partial charge in [0.25, 0.3) is 0 Å².